The molecule has 1 amide bonds. The first-order valence-corrected chi connectivity index (χ1v) is 11.8. The van der Waals surface area contributed by atoms with Gasteiger partial charge in [-0.1, -0.05) is 12.1 Å². The second kappa shape index (κ2) is 10.9. The highest BCUT2D eigenvalue weighted by Gasteiger charge is 2.17. The molecule has 33 heavy (non-hydrogen) atoms. The third-order valence-corrected chi connectivity index (χ3v) is 6.47. The minimum absolute atomic E-state index is 0.0245. The molecule has 2 aromatic carbocycles. The monoisotopic (exact) mass is 469 g/mol. The molecule has 9 heteroatoms. The zero-order chi connectivity index (χ0) is 23.8. The van der Waals surface area contributed by atoms with Gasteiger partial charge < -0.3 is 14.8 Å². The van der Waals surface area contributed by atoms with Crippen LogP contribution < -0.4 is 19.5 Å². The van der Waals surface area contributed by atoms with E-state index < -0.39 is 10.0 Å². The Balaban J connectivity index is 1.58. The molecule has 0 aliphatic carbocycles. The lowest BCUT2D eigenvalue weighted by molar-refractivity contribution is -0.116. The van der Waals surface area contributed by atoms with Crippen molar-refractivity contribution in [1.82, 2.24) is 9.71 Å². The van der Waals surface area contributed by atoms with E-state index in [4.69, 9.17) is 9.47 Å². The van der Waals surface area contributed by atoms with Gasteiger partial charge in [-0.2, -0.15) is 0 Å². The predicted molar refractivity (Wildman–Crippen MR) is 126 cm³/mol. The number of nitrogens with one attached hydrogen (secondary N) is 2. The zero-order valence-corrected chi connectivity index (χ0v) is 19.6. The Hall–Kier alpha value is -3.43. The SMILES string of the molecule is COc1ccc(NC(=O)CCNS(=O)(=O)c2cc(C)ccc2C)cc1OCc1ccncc1. The molecule has 0 fully saturated rings. The third-order valence-electron chi connectivity index (χ3n) is 4.87. The minimum Gasteiger partial charge on any atom is -0.493 e. The molecule has 3 rings (SSSR count). The van der Waals surface area contributed by atoms with E-state index in [-0.39, 0.29) is 23.8 Å². The van der Waals surface area contributed by atoms with E-state index in [1.54, 1.807) is 49.6 Å². The van der Waals surface area contributed by atoms with Crippen molar-refractivity contribution in [2.75, 3.05) is 19.0 Å². The molecule has 0 saturated heterocycles. The molecule has 0 atom stereocenters. The van der Waals surface area contributed by atoms with Crippen LogP contribution in [0.3, 0.4) is 0 Å². The summed E-state index contributed by atoms with van der Waals surface area (Å²) in [5, 5.41) is 2.76. The zero-order valence-electron chi connectivity index (χ0n) is 18.8. The van der Waals surface area contributed by atoms with Crippen molar-refractivity contribution in [2.45, 2.75) is 31.8 Å². The van der Waals surface area contributed by atoms with Crippen LogP contribution in [0.4, 0.5) is 5.69 Å². The summed E-state index contributed by atoms with van der Waals surface area (Å²) in [6.07, 6.45) is 3.34. The number of hydrogen-bond donors (Lipinski definition) is 2. The molecule has 0 spiro atoms. The number of carbonyl (C=O) groups excluding carboxylic acids is 1. The van der Waals surface area contributed by atoms with Crippen molar-refractivity contribution in [1.29, 1.82) is 0 Å². The maximum absolute atomic E-state index is 12.6. The summed E-state index contributed by atoms with van der Waals surface area (Å²) in [6, 6.07) is 14.0. The number of hydrogen-bond acceptors (Lipinski definition) is 6. The molecule has 1 heterocycles. The number of nitrogens with zero attached hydrogens (tertiary/aromatic N) is 1. The average molecular weight is 470 g/mol. The van der Waals surface area contributed by atoms with Crippen LogP contribution in [-0.4, -0.2) is 33.0 Å². The molecule has 0 aliphatic heterocycles. The van der Waals surface area contributed by atoms with Crippen molar-refractivity contribution >= 4 is 21.6 Å². The van der Waals surface area contributed by atoms with Crippen molar-refractivity contribution in [2.24, 2.45) is 0 Å². The van der Waals surface area contributed by atoms with Gasteiger partial charge in [0.15, 0.2) is 11.5 Å². The number of ether oxygens (including phenoxy) is 2. The molecular formula is C24H27N3O5S. The first-order chi connectivity index (χ1) is 15.8. The van der Waals surface area contributed by atoms with Crippen molar-refractivity contribution < 1.29 is 22.7 Å². The topological polar surface area (TPSA) is 107 Å². The Bertz CT molecular complexity index is 1210. The summed E-state index contributed by atoms with van der Waals surface area (Å²) >= 11 is 0. The van der Waals surface area contributed by atoms with Gasteiger partial charge in [0.1, 0.15) is 6.61 Å². The number of methoxy groups -OCH3 is 1. The largest absolute Gasteiger partial charge is 0.493 e. The highest BCUT2D eigenvalue weighted by atomic mass is 32.2. The van der Waals surface area contributed by atoms with Crippen LogP contribution in [0.1, 0.15) is 23.1 Å². The Kier molecular flexibility index (Phi) is 8.02. The van der Waals surface area contributed by atoms with E-state index in [0.29, 0.717) is 29.4 Å². The van der Waals surface area contributed by atoms with Gasteiger partial charge in [-0.3, -0.25) is 9.78 Å². The van der Waals surface area contributed by atoms with Crippen LogP contribution in [0.2, 0.25) is 0 Å². The van der Waals surface area contributed by atoms with Crippen LogP contribution in [0.25, 0.3) is 0 Å². The molecule has 0 saturated carbocycles. The first-order valence-electron chi connectivity index (χ1n) is 10.3. The number of rotatable bonds is 10. The van der Waals surface area contributed by atoms with E-state index in [1.807, 2.05) is 25.1 Å². The molecule has 1 aromatic heterocycles. The van der Waals surface area contributed by atoms with Crippen molar-refractivity contribution in [3.63, 3.8) is 0 Å². The Labute approximate surface area is 194 Å². The summed E-state index contributed by atoms with van der Waals surface area (Å²) < 4.78 is 38.8. The Morgan fingerprint density at radius 1 is 1.00 bits per heavy atom. The van der Waals surface area contributed by atoms with Gasteiger partial charge in [0, 0.05) is 37.1 Å². The second-order valence-electron chi connectivity index (χ2n) is 7.47. The number of pyridine rings is 1. The molecular weight excluding hydrogens is 442 g/mol. The average Bonchev–Trinajstić information content (AvgIpc) is 2.80. The van der Waals surface area contributed by atoms with Crippen LogP contribution in [0.5, 0.6) is 11.5 Å². The summed E-state index contributed by atoms with van der Waals surface area (Å²) in [4.78, 5) is 16.6. The summed E-state index contributed by atoms with van der Waals surface area (Å²) in [5.74, 6) is 0.676. The fraction of sp³-hybridized carbons (Fsp3) is 0.250. The van der Waals surface area contributed by atoms with Crippen molar-refractivity contribution in [3.8, 4) is 11.5 Å². The standard InChI is InChI=1S/C24H27N3O5S/c1-17-4-5-18(2)23(14-17)33(29,30)26-13-10-24(28)27-20-6-7-21(31-3)22(15-20)32-16-19-8-11-25-12-9-19/h4-9,11-12,14-15,26H,10,13,16H2,1-3H3,(H,27,28). The molecule has 174 valence electrons. The number of amides is 1. The smallest absolute Gasteiger partial charge is 0.240 e. The lowest BCUT2D eigenvalue weighted by atomic mass is 10.2. The number of sulfonamides is 1. The lowest BCUT2D eigenvalue weighted by Crippen LogP contribution is -2.28. The maximum atomic E-state index is 12.6. The molecule has 2 N–H and O–H groups in total. The maximum Gasteiger partial charge on any atom is 0.240 e. The summed E-state index contributed by atoms with van der Waals surface area (Å²) in [5.41, 5.74) is 2.95. The highest BCUT2D eigenvalue weighted by Crippen LogP contribution is 2.31. The fourth-order valence-electron chi connectivity index (χ4n) is 3.10. The summed E-state index contributed by atoms with van der Waals surface area (Å²) in [6.45, 7) is 3.86. The number of aromatic nitrogens is 1. The van der Waals surface area contributed by atoms with Crippen LogP contribution >= 0.6 is 0 Å². The molecule has 0 bridgehead atoms. The van der Waals surface area contributed by atoms with E-state index >= 15 is 0 Å². The molecule has 3 aromatic rings. The van der Waals surface area contributed by atoms with Gasteiger partial charge in [-0.15, -0.1) is 0 Å². The molecule has 0 radical (unpaired) electrons. The lowest BCUT2D eigenvalue weighted by Gasteiger charge is -2.13. The normalized spacial score (nSPS) is 11.1. The first kappa shape index (κ1) is 24.2. The third kappa shape index (κ3) is 6.77. The Morgan fingerprint density at radius 3 is 2.48 bits per heavy atom. The van der Waals surface area contributed by atoms with Crippen LogP contribution in [0, 0.1) is 13.8 Å². The Morgan fingerprint density at radius 2 is 1.76 bits per heavy atom. The molecule has 0 aliphatic rings. The van der Waals surface area contributed by atoms with Gasteiger partial charge in [-0.25, -0.2) is 13.1 Å². The van der Waals surface area contributed by atoms with E-state index in [9.17, 15) is 13.2 Å². The van der Waals surface area contributed by atoms with Gasteiger partial charge in [0.25, 0.3) is 0 Å². The van der Waals surface area contributed by atoms with E-state index in [2.05, 4.69) is 15.0 Å². The highest BCUT2D eigenvalue weighted by molar-refractivity contribution is 7.89. The second-order valence-corrected chi connectivity index (χ2v) is 9.21. The number of aryl methyl sites for hydroxylation is 2. The van der Waals surface area contributed by atoms with Gasteiger partial charge in [0.05, 0.1) is 12.0 Å². The van der Waals surface area contributed by atoms with Crippen molar-refractivity contribution in [3.05, 3.63) is 77.6 Å². The van der Waals surface area contributed by atoms with E-state index in [0.717, 1.165) is 11.1 Å². The number of benzene rings is 2. The van der Waals surface area contributed by atoms with Gasteiger partial charge >= 0.3 is 0 Å². The minimum atomic E-state index is -3.70. The summed E-state index contributed by atoms with van der Waals surface area (Å²) in [7, 11) is -2.17. The predicted octanol–water partition coefficient (Wildman–Crippen LogP) is 3.59. The molecule has 0 unspecified atom stereocenters. The molecule has 8 nitrogen and oxygen atoms in total. The quantitative estimate of drug-likeness (QED) is 0.470. The number of carbonyl (C=O) groups is 1. The van der Waals surface area contributed by atoms with E-state index in [1.165, 1.54) is 7.11 Å². The van der Waals surface area contributed by atoms with Gasteiger partial charge in [-0.05, 0) is 60.9 Å². The van der Waals surface area contributed by atoms with Crippen LogP contribution in [-0.2, 0) is 21.4 Å². The number of anilines is 1. The van der Waals surface area contributed by atoms with Gasteiger partial charge in [0.2, 0.25) is 15.9 Å². The van der Waals surface area contributed by atoms with Crippen LogP contribution in [0.15, 0.2) is 65.8 Å². The fourth-order valence-corrected chi connectivity index (χ4v) is 4.46.